The minimum absolute atomic E-state index is 0.0101. The molecule has 254 valence electrons. The highest BCUT2D eigenvalue weighted by atomic mass is 32.2. The molecule has 0 unspecified atom stereocenters. The quantitative estimate of drug-likeness (QED) is 0.0991. The van der Waals surface area contributed by atoms with E-state index in [4.69, 9.17) is 33.9 Å². The Labute approximate surface area is 265 Å². The molecule has 1 aromatic heterocycles. The number of ether oxygens (including phenoxy) is 5. The van der Waals surface area contributed by atoms with Crippen molar-refractivity contribution in [1.82, 2.24) is 20.6 Å². The smallest absolute Gasteiger partial charge is 0.329 e. The molecule has 2 aromatic rings. The molecule has 4 N–H and O–H groups in total. The van der Waals surface area contributed by atoms with Gasteiger partial charge in [-0.15, -0.1) is 0 Å². The summed E-state index contributed by atoms with van der Waals surface area (Å²) < 4.78 is 51.4. The van der Waals surface area contributed by atoms with E-state index in [1.165, 1.54) is 36.7 Å². The van der Waals surface area contributed by atoms with Gasteiger partial charge in [0.15, 0.2) is 9.84 Å². The number of hydrogen-bond donors (Lipinski definition) is 4. The first kappa shape index (κ1) is 38.0. The van der Waals surface area contributed by atoms with E-state index in [2.05, 4.69) is 20.6 Å². The van der Waals surface area contributed by atoms with Crippen molar-refractivity contribution in [2.75, 3.05) is 72.6 Å². The Hall–Kier alpha value is -4.23. The number of carbonyl (C=O) groups excluding carboxylic acids is 2. The van der Waals surface area contributed by atoms with E-state index in [0.29, 0.717) is 12.2 Å². The number of hydrogen-bond acceptors (Lipinski definition) is 13. The van der Waals surface area contributed by atoms with Crippen molar-refractivity contribution in [3.8, 4) is 5.75 Å². The summed E-state index contributed by atoms with van der Waals surface area (Å²) in [6.07, 6.45) is 2.75. The summed E-state index contributed by atoms with van der Waals surface area (Å²) in [6, 6.07) is 5.71. The van der Waals surface area contributed by atoms with E-state index in [9.17, 15) is 27.6 Å². The van der Waals surface area contributed by atoms with E-state index < -0.39 is 40.0 Å². The molecule has 18 heteroatoms. The summed E-state index contributed by atoms with van der Waals surface area (Å²) in [6.45, 7) is 1.18. The van der Waals surface area contributed by atoms with Crippen LogP contribution < -0.4 is 15.4 Å². The zero-order chi connectivity index (χ0) is 33.6. The van der Waals surface area contributed by atoms with Gasteiger partial charge in [-0.2, -0.15) is 0 Å². The Bertz CT molecular complexity index is 1340. The minimum Gasteiger partial charge on any atom is -0.494 e. The van der Waals surface area contributed by atoms with Crippen LogP contribution in [0.2, 0.25) is 0 Å². The van der Waals surface area contributed by atoms with Gasteiger partial charge in [0.05, 0.1) is 56.7 Å². The fourth-order valence-corrected chi connectivity index (χ4v) is 4.58. The van der Waals surface area contributed by atoms with Crippen molar-refractivity contribution in [2.24, 2.45) is 0 Å². The van der Waals surface area contributed by atoms with Crippen LogP contribution >= 0.6 is 0 Å². The molecule has 17 nitrogen and oxygen atoms in total. The van der Waals surface area contributed by atoms with Crippen LogP contribution in [-0.2, 0) is 48.9 Å². The van der Waals surface area contributed by atoms with Crippen LogP contribution in [-0.4, -0.2) is 125 Å². The van der Waals surface area contributed by atoms with Crippen LogP contribution in [0.4, 0.5) is 0 Å². The first-order valence-electron chi connectivity index (χ1n) is 14.1. The fraction of sp³-hybridized carbons (Fsp3) is 0.500. The molecule has 0 aliphatic heterocycles. The molecule has 0 radical (unpaired) electrons. The first-order chi connectivity index (χ1) is 22.1. The molecular formula is C28H38N4O13S. The molecule has 1 aromatic carbocycles. The number of aromatic nitrogens is 2. The molecule has 0 fully saturated rings. The topological polar surface area (TPSA) is 239 Å². The van der Waals surface area contributed by atoms with Crippen molar-refractivity contribution in [1.29, 1.82) is 0 Å². The van der Waals surface area contributed by atoms with E-state index in [-0.39, 0.29) is 94.6 Å². The van der Waals surface area contributed by atoms with Gasteiger partial charge < -0.3 is 44.5 Å². The van der Waals surface area contributed by atoms with Gasteiger partial charge in [0.1, 0.15) is 30.5 Å². The zero-order valence-corrected chi connectivity index (χ0v) is 25.9. The average Bonchev–Trinajstić information content (AvgIpc) is 3.02. The predicted molar refractivity (Wildman–Crippen MR) is 158 cm³/mol. The monoisotopic (exact) mass is 670 g/mol. The molecule has 0 saturated heterocycles. The van der Waals surface area contributed by atoms with Crippen molar-refractivity contribution >= 4 is 33.6 Å². The average molecular weight is 671 g/mol. The number of carboxylic acid groups (broad SMARTS) is 2. The molecule has 46 heavy (non-hydrogen) atoms. The molecule has 0 aliphatic carbocycles. The van der Waals surface area contributed by atoms with Crippen LogP contribution in [0.1, 0.15) is 29.0 Å². The van der Waals surface area contributed by atoms with Crippen LogP contribution in [0.15, 0.2) is 41.6 Å². The predicted octanol–water partition coefficient (Wildman–Crippen LogP) is -0.309. The summed E-state index contributed by atoms with van der Waals surface area (Å²) in [5.41, 5.74) is 0.136. The molecule has 0 spiro atoms. The highest BCUT2D eigenvalue weighted by molar-refractivity contribution is 7.90. The van der Waals surface area contributed by atoms with E-state index in [1.807, 2.05) is 0 Å². The number of nitrogens with zero attached hydrogens (tertiary/aromatic N) is 2. The summed E-state index contributed by atoms with van der Waals surface area (Å²) in [5, 5.41) is 22.3. The lowest BCUT2D eigenvalue weighted by atomic mass is 10.3. The van der Waals surface area contributed by atoms with Crippen LogP contribution in [0.25, 0.3) is 0 Å². The maximum Gasteiger partial charge on any atom is 0.329 e. The van der Waals surface area contributed by atoms with Crippen molar-refractivity contribution in [2.45, 2.75) is 23.5 Å². The number of benzene rings is 1. The third kappa shape index (κ3) is 16.7. The number of carboxylic acids is 2. The second-order valence-electron chi connectivity index (χ2n) is 9.29. The highest BCUT2D eigenvalue weighted by Gasteiger charge is 2.18. The number of rotatable bonds is 25. The number of carbonyl (C=O) groups is 4. The summed E-state index contributed by atoms with van der Waals surface area (Å²) >= 11 is 0. The Morgan fingerprint density at radius 3 is 1.91 bits per heavy atom. The second-order valence-corrected chi connectivity index (χ2v) is 11.3. The lowest BCUT2D eigenvalue weighted by Gasteiger charge is -2.09. The highest BCUT2D eigenvalue weighted by Crippen LogP contribution is 2.19. The fourth-order valence-electron chi connectivity index (χ4n) is 3.37. The van der Waals surface area contributed by atoms with Gasteiger partial charge in [-0.1, -0.05) is 0 Å². The Balaban J connectivity index is 1.55. The van der Waals surface area contributed by atoms with Crippen LogP contribution in [0.3, 0.4) is 0 Å². The Morgan fingerprint density at radius 2 is 1.30 bits per heavy atom. The standard InChI is InChI=1S/C28H38N4O13S/c33-25(29-7-10-41-13-15-44-19-27(36)37)18-43-14-12-42-11-8-30-28(38)21-16-31-24(32-17-21)20-46(39,40)23-5-3-22(4-6-23)45-9-1-2-26(34)35/h3-6,16-17H,1-2,7-15,18-20H2,(H,29,33)(H,30,38)(H,34,35)(H,36,37). The van der Waals surface area contributed by atoms with Gasteiger partial charge in [0.25, 0.3) is 5.91 Å². The molecule has 0 saturated carbocycles. The Morgan fingerprint density at radius 1 is 0.717 bits per heavy atom. The number of aliphatic carboxylic acids is 2. The third-order valence-corrected chi connectivity index (χ3v) is 7.21. The minimum atomic E-state index is -3.77. The number of amides is 2. The van der Waals surface area contributed by atoms with Gasteiger partial charge >= 0.3 is 11.9 Å². The van der Waals surface area contributed by atoms with E-state index >= 15 is 0 Å². The van der Waals surface area contributed by atoms with Gasteiger partial charge in [-0.25, -0.2) is 23.2 Å². The largest absolute Gasteiger partial charge is 0.494 e. The van der Waals surface area contributed by atoms with E-state index in [1.54, 1.807) is 0 Å². The zero-order valence-electron chi connectivity index (χ0n) is 25.1. The van der Waals surface area contributed by atoms with Gasteiger partial charge in [-0.05, 0) is 30.7 Å². The van der Waals surface area contributed by atoms with Crippen molar-refractivity contribution in [3.05, 3.63) is 48.0 Å². The summed E-state index contributed by atoms with van der Waals surface area (Å²) in [7, 11) is -3.77. The van der Waals surface area contributed by atoms with Gasteiger partial charge in [-0.3, -0.25) is 14.4 Å². The maximum atomic E-state index is 12.7. The summed E-state index contributed by atoms with van der Waals surface area (Å²) in [4.78, 5) is 52.9. The SMILES string of the molecule is O=C(O)CCCOc1ccc(S(=O)(=O)Cc2ncc(C(=O)NCCOCCOCC(=O)NCCOCCOCC(=O)O)cn2)cc1. The molecule has 0 atom stereocenters. The lowest BCUT2D eigenvalue weighted by molar-refractivity contribution is -0.143. The van der Waals surface area contributed by atoms with Gasteiger partial charge in [0.2, 0.25) is 5.91 Å². The second kappa shape index (κ2) is 21.5. The molecule has 2 rings (SSSR count). The molecule has 1 heterocycles. The third-order valence-electron chi connectivity index (χ3n) is 5.58. The summed E-state index contributed by atoms with van der Waals surface area (Å²) in [5.74, 6) is -2.85. The Kier molecular flexibility index (Phi) is 17.7. The van der Waals surface area contributed by atoms with Crippen LogP contribution in [0, 0.1) is 0 Å². The van der Waals surface area contributed by atoms with Gasteiger partial charge in [0, 0.05) is 31.9 Å². The molecule has 2 amide bonds. The normalized spacial score (nSPS) is 11.1. The first-order valence-corrected chi connectivity index (χ1v) is 15.8. The molecule has 0 aliphatic rings. The molecular weight excluding hydrogens is 632 g/mol. The van der Waals surface area contributed by atoms with Crippen molar-refractivity contribution < 1.29 is 61.5 Å². The van der Waals surface area contributed by atoms with Crippen molar-refractivity contribution in [3.63, 3.8) is 0 Å². The molecule has 0 bridgehead atoms. The van der Waals surface area contributed by atoms with E-state index in [0.717, 1.165) is 0 Å². The number of sulfone groups is 1. The number of nitrogens with one attached hydrogen (secondary N) is 2. The maximum absolute atomic E-state index is 12.7. The lowest BCUT2D eigenvalue weighted by Crippen LogP contribution is -2.31. The van der Waals surface area contributed by atoms with Crippen LogP contribution in [0.5, 0.6) is 5.75 Å².